The van der Waals surface area contributed by atoms with E-state index in [1.165, 1.54) is 19.3 Å². The zero-order valence-corrected chi connectivity index (χ0v) is 20.5. The molecule has 0 saturated heterocycles. The van der Waals surface area contributed by atoms with Gasteiger partial charge in [0.1, 0.15) is 17.3 Å². The molecule has 4 fully saturated rings. The summed E-state index contributed by atoms with van der Waals surface area (Å²) in [4.78, 5) is 34.6. The third-order valence-electron chi connectivity index (χ3n) is 7.99. The van der Waals surface area contributed by atoms with Gasteiger partial charge >= 0.3 is 6.03 Å². The third kappa shape index (κ3) is 4.34. The summed E-state index contributed by atoms with van der Waals surface area (Å²) in [5, 5.41) is 9.51. The zero-order chi connectivity index (χ0) is 24.9. The minimum atomic E-state index is -0.536. The number of hydrogen-bond donors (Lipinski definition) is 2. The van der Waals surface area contributed by atoms with Crippen molar-refractivity contribution < 1.29 is 14.3 Å². The fourth-order valence-electron chi connectivity index (χ4n) is 6.81. The number of aryl methyl sites for hydroxylation is 2. The first kappa shape index (κ1) is 22.7. The van der Waals surface area contributed by atoms with E-state index in [-0.39, 0.29) is 11.3 Å². The lowest BCUT2D eigenvalue weighted by atomic mass is 9.49. The lowest BCUT2D eigenvalue weighted by Gasteiger charge is -2.55. The lowest BCUT2D eigenvalue weighted by molar-refractivity contribution is -0.144. The molecule has 0 aromatic carbocycles. The van der Waals surface area contributed by atoms with Crippen molar-refractivity contribution in [2.45, 2.75) is 45.4 Å². The van der Waals surface area contributed by atoms with Crippen LogP contribution >= 0.6 is 0 Å². The van der Waals surface area contributed by atoms with Crippen LogP contribution in [0.3, 0.4) is 0 Å². The second kappa shape index (κ2) is 8.72. The van der Waals surface area contributed by atoms with Gasteiger partial charge in [-0.1, -0.05) is 0 Å². The Hall–Kier alpha value is -3.75. The SMILES string of the molecule is Cc1nc(NC(=O)NC(=O)C23CC4CC(CC(C4)C2)C3)ccc1Oc1ccnc(-c2cnn(C)c2)c1. The van der Waals surface area contributed by atoms with Crippen molar-refractivity contribution in [3.8, 4) is 22.8 Å². The molecule has 3 aromatic heterocycles. The molecule has 9 heteroatoms. The molecule has 3 heterocycles. The Balaban J connectivity index is 1.09. The molecular weight excluding hydrogens is 456 g/mol. The van der Waals surface area contributed by atoms with E-state index in [0.717, 1.165) is 30.5 Å². The number of carbonyl (C=O) groups excluding carboxylic acids is 2. The maximum atomic E-state index is 13.1. The molecule has 186 valence electrons. The first-order valence-electron chi connectivity index (χ1n) is 12.6. The van der Waals surface area contributed by atoms with Gasteiger partial charge in [0.25, 0.3) is 0 Å². The molecule has 4 bridgehead atoms. The van der Waals surface area contributed by atoms with Crippen molar-refractivity contribution in [1.29, 1.82) is 0 Å². The van der Waals surface area contributed by atoms with E-state index in [1.54, 1.807) is 35.3 Å². The highest BCUT2D eigenvalue weighted by atomic mass is 16.5. The molecule has 4 aliphatic carbocycles. The number of hydrogen-bond acceptors (Lipinski definition) is 6. The van der Waals surface area contributed by atoms with E-state index < -0.39 is 6.03 Å². The first-order chi connectivity index (χ1) is 17.3. The summed E-state index contributed by atoms with van der Waals surface area (Å²) < 4.78 is 7.75. The van der Waals surface area contributed by atoms with Gasteiger partial charge in [-0.15, -0.1) is 0 Å². The normalized spacial score (nSPS) is 26.0. The molecule has 0 spiro atoms. The van der Waals surface area contributed by atoms with Crippen LogP contribution in [0.5, 0.6) is 11.5 Å². The molecular formula is C27H30N6O3. The van der Waals surface area contributed by atoms with Crippen LogP contribution in [0, 0.1) is 30.1 Å². The van der Waals surface area contributed by atoms with Gasteiger partial charge in [0, 0.05) is 31.1 Å². The Labute approximate surface area is 209 Å². The number of carbonyl (C=O) groups is 2. The van der Waals surface area contributed by atoms with Crippen LogP contribution in [0.25, 0.3) is 11.3 Å². The van der Waals surface area contributed by atoms with Crippen molar-refractivity contribution >= 4 is 17.8 Å². The van der Waals surface area contributed by atoms with Gasteiger partial charge < -0.3 is 4.74 Å². The fourth-order valence-corrected chi connectivity index (χ4v) is 6.81. The molecule has 0 radical (unpaired) electrons. The molecule has 36 heavy (non-hydrogen) atoms. The van der Waals surface area contributed by atoms with E-state index in [0.29, 0.717) is 40.8 Å². The number of urea groups is 1. The molecule has 2 N–H and O–H groups in total. The molecule has 3 amide bonds. The number of aromatic nitrogens is 4. The van der Waals surface area contributed by atoms with Crippen LogP contribution in [-0.4, -0.2) is 31.7 Å². The highest BCUT2D eigenvalue weighted by molar-refractivity contribution is 6.02. The molecule has 4 saturated carbocycles. The van der Waals surface area contributed by atoms with E-state index in [9.17, 15) is 9.59 Å². The van der Waals surface area contributed by atoms with E-state index in [1.807, 2.05) is 26.2 Å². The summed E-state index contributed by atoms with van der Waals surface area (Å²) in [5.74, 6) is 3.34. The van der Waals surface area contributed by atoms with Crippen LogP contribution < -0.4 is 15.4 Å². The number of imide groups is 1. The lowest BCUT2D eigenvalue weighted by Crippen LogP contribution is -2.55. The van der Waals surface area contributed by atoms with Crippen LogP contribution in [0.1, 0.15) is 44.2 Å². The number of ether oxygens (including phenoxy) is 1. The average Bonchev–Trinajstić information content (AvgIpc) is 3.26. The number of rotatable bonds is 5. The number of nitrogens with zero attached hydrogens (tertiary/aromatic N) is 4. The summed E-state index contributed by atoms with van der Waals surface area (Å²) in [6, 6.07) is 6.50. The van der Waals surface area contributed by atoms with Crippen LogP contribution in [0.2, 0.25) is 0 Å². The quantitative estimate of drug-likeness (QED) is 0.534. The molecule has 0 atom stereocenters. The summed E-state index contributed by atoms with van der Waals surface area (Å²) in [6.45, 7) is 1.81. The van der Waals surface area contributed by atoms with Crippen molar-refractivity contribution in [2.24, 2.45) is 30.2 Å². The number of nitrogens with one attached hydrogen (secondary N) is 2. The fraction of sp³-hybridized carbons (Fsp3) is 0.444. The van der Waals surface area contributed by atoms with Gasteiger partial charge in [-0.2, -0.15) is 5.10 Å². The topological polar surface area (TPSA) is 111 Å². The summed E-state index contributed by atoms with van der Waals surface area (Å²) in [6.07, 6.45) is 11.8. The summed E-state index contributed by atoms with van der Waals surface area (Å²) in [7, 11) is 1.85. The van der Waals surface area contributed by atoms with E-state index in [4.69, 9.17) is 4.74 Å². The minimum Gasteiger partial charge on any atom is -0.455 e. The largest absolute Gasteiger partial charge is 0.455 e. The van der Waals surface area contributed by atoms with E-state index >= 15 is 0 Å². The maximum Gasteiger partial charge on any atom is 0.327 e. The maximum absolute atomic E-state index is 13.1. The highest BCUT2D eigenvalue weighted by Crippen LogP contribution is 2.60. The summed E-state index contributed by atoms with van der Waals surface area (Å²) >= 11 is 0. The summed E-state index contributed by atoms with van der Waals surface area (Å²) in [5.41, 5.74) is 1.89. The van der Waals surface area contributed by atoms with Crippen molar-refractivity contribution in [3.05, 3.63) is 48.5 Å². The molecule has 0 aliphatic heterocycles. The highest BCUT2D eigenvalue weighted by Gasteiger charge is 2.54. The predicted octanol–water partition coefficient (Wildman–Crippen LogP) is 4.84. The van der Waals surface area contributed by atoms with Crippen molar-refractivity contribution in [1.82, 2.24) is 25.1 Å². The van der Waals surface area contributed by atoms with Gasteiger partial charge in [-0.05, 0) is 81.4 Å². The number of anilines is 1. The average molecular weight is 487 g/mol. The Morgan fingerprint density at radius 2 is 1.81 bits per heavy atom. The van der Waals surface area contributed by atoms with Gasteiger partial charge in [-0.25, -0.2) is 9.78 Å². The third-order valence-corrected chi connectivity index (χ3v) is 7.99. The minimum absolute atomic E-state index is 0.127. The van der Waals surface area contributed by atoms with Crippen LogP contribution in [-0.2, 0) is 11.8 Å². The molecule has 3 aromatic rings. The molecule has 4 aliphatic rings. The Morgan fingerprint density at radius 3 is 2.44 bits per heavy atom. The first-order valence-corrected chi connectivity index (χ1v) is 12.6. The zero-order valence-electron chi connectivity index (χ0n) is 20.5. The van der Waals surface area contributed by atoms with Gasteiger partial charge in [-0.3, -0.25) is 25.1 Å². The second-order valence-corrected chi connectivity index (χ2v) is 10.8. The Bertz CT molecular complexity index is 1300. The number of amides is 3. The predicted molar refractivity (Wildman–Crippen MR) is 133 cm³/mol. The van der Waals surface area contributed by atoms with Crippen molar-refractivity contribution in [2.75, 3.05) is 5.32 Å². The standard InChI is InChI=1S/C27H30N6O3/c1-16-23(36-21-5-6-28-22(10-21)20-14-29-33(2)15-20)3-4-24(30-16)31-26(35)32-25(34)27-11-17-7-18(12-27)9-19(8-17)13-27/h3-6,10,14-15,17-19H,7-9,11-13H2,1-2H3,(H2,30,31,32,34,35). The smallest absolute Gasteiger partial charge is 0.327 e. The van der Waals surface area contributed by atoms with E-state index in [2.05, 4.69) is 25.7 Å². The second-order valence-electron chi connectivity index (χ2n) is 10.8. The van der Waals surface area contributed by atoms with Gasteiger partial charge in [0.15, 0.2) is 0 Å². The molecule has 9 nitrogen and oxygen atoms in total. The number of pyridine rings is 2. The van der Waals surface area contributed by atoms with Crippen molar-refractivity contribution in [3.63, 3.8) is 0 Å². The molecule has 7 rings (SSSR count). The van der Waals surface area contributed by atoms with Crippen LogP contribution in [0.15, 0.2) is 42.9 Å². The van der Waals surface area contributed by atoms with Crippen LogP contribution in [0.4, 0.5) is 10.6 Å². The van der Waals surface area contributed by atoms with Gasteiger partial charge in [0.05, 0.1) is 23.0 Å². The Morgan fingerprint density at radius 1 is 1.08 bits per heavy atom. The monoisotopic (exact) mass is 486 g/mol. The van der Waals surface area contributed by atoms with Gasteiger partial charge in [0.2, 0.25) is 5.91 Å². The molecule has 0 unspecified atom stereocenters. The Kier molecular flexibility index (Phi) is 5.50.